The van der Waals surface area contributed by atoms with Gasteiger partial charge in [-0.1, -0.05) is 12.2 Å². The summed E-state index contributed by atoms with van der Waals surface area (Å²) in [5.41, 5.74) is 1.10. The summed E-state index contributed by atoms with van der Waals surface area (Å²) < 4.78 is 11.2. The van der Waals surface area contributed by atoms with Crippen molar-refractivity contribution in [3.05, 3.63) is 30.4 Å². The summed E-state index contributed by atoms with van der Waals surface area (Å²) in [5, 5.41) is 3.51. The van der Waals surface area contributed by atoms with E-state index in [0.717, 1.165) is 29.6 Å². The molecule has 20 heavy (non-hydrogen) atoms. The number of hydrogen-bond donors (Lipinski definition) is 1. The zero-order valence-corrected chi connectivity index (χ0v) is 12.5. The average Bonchev–Trinajstić information content (AvgIpc) is 2.49. The normalized spacial score (nSPS) is 17.8. The third-order valence-electron chi connectivity index (χ3n) is 3.52. The molecule has 0 fully saturated rings. The molecular formula is C17H25NO2. The first-order valence-corrected chi connectivity index (χ1v) is 7.62. The van der Waals surface area contributed by atoms with Crippen LogP contribution in [0.5, 0.6) is 11.5 Å². The second-order valence-corrected chi connectivity index (χ2v) is 5.06. The van der Waals surface area contributed by atoms with E-state index in [4.69, 9.17) is 9.47 Å². The molecule has 0 amide bonds. The Morgan fingerprint density at radius 3 is 2.60 bits per heavy atom. The lowest BCUT2D eigenvalue weighted by Gasteiger charge is -2.19. The number of nitrogens with one attached hydrogen (secondary N) is 1. The molecule has 1 aromatic rings. The minimum atomic E-state index is 0.650. The van der Waals surface area contributed by atoms with E-state index in [0.29, 0.717) is 13.2 Å². The van der Waals surface area contributed by atoms with Crippen molar-refractivity contribution in [3.8, 4) is 11.5 Å². The fourth-order valence-electron chi connectivity index (χ4n) is 2.46. The molecule has 1 atom stereocenters. The van der Waals surface area contributed by atoms with Crippen LogP contribution in [0.25, 0.3) is 0 Å². The molecule has 0 saturated carbocycles. The first kappa shape index (κ1) is 14.8. The Morgan fingerprint density at radius 2 is 1.90 bits per heavy atom. The summed E-state index contributed by atoms with van der Waals surface area (Å²) in [5.74, 6) is 2.38. The molecule has 0 bridgehead atoms. The minimum absolute atomic E-state index is 0.650. The van der Waals surface area contributed by atoms with Crippen molar-refractivity contribution in [1.29, 1.82) is 0 Å². The summed E-state index contributed by atoms with van der Waals surface area (Å²) in [6.07, 6.45) is 8.24. The molecule has 2 rings (SSSR count). The van der Waals surface area contributed by atoms with Gasteiger partial charge in [0.25, 0.3) is 0 Å². The van der Waals surface area contributed by atoms with Gasteiger partial charge in [0, 0.05) is 18.3 Å². The standard InChI is InChI=1S/C17H25NO2/c1-3-19-16-11-10-15(12-17(16)20-4-2)18-13-14-8-6-5-7-9-14/h5-6,10-12,14,18H,3-4,7-9,13H2,1-2H3. The van der Waals surface area contributed by atoms with Gasteiger partial charge in [-0.05, 0) is 51.2 Å². The predicted octanol–water partition coefficient (Wildman–Crippen LogP) is 4.25. The minimum Gasteiger partial charge on any atom is -0.490 e. The van der Waals surface area contributed by atoms with E-state index in [1.807, 2.05) is 26.0 Å². The highest BCUT2D eigenvalue weighted by Crippen LogP contribution is 2.31. The van der Waals surface area contributed by atoms with Crippen LogP contribution >= 0.6 is 0 Å². The highest BCUT2D eigenvalue weighted by atomic mass is 16.5. The molecule has 0 heterocycles. The monoisotopic (exact) mass is 275 g/mol. The summed E-state index contributed by atoms with van der Waals surface area (Å²) in [7, 11) is 0. The third-order valence-corrected chi connectivity index (χ3v) is 3.52. The molecule has 3 heteroatoms. The second kappa shape index (κ2) is 7.83. The maximum Gasteiger partial charge on any atom is 0.163 e. The topological polar surface area (TPSA) is 30.5 Å². The van der Waals surface area contributed by atoms with Gasteiger partial charge in [-0.3, -0.25) is 0 Å². The van der Waals surface area contributed by atoms with Crippen molar-refractivity contribution in [2.45, 2.75) is 33.1 Å². The van der Waals surface area contributed by atoms with Crippen LogP contribution in [0.2, 0.25) is 0 Å². The quantitative estimate of drug-likeness (QED) is 0.754. The molecule has 110 valence electrons. The Balaban J connectivity index is 1.96. The van der Waals surface area contributed by atoms with Crippen LogP contribution in [0.4, 0.5) is 5.69 Å². The molecule has 0 spiro atoms. The lowest BCUT2D eigenvalue weighted by Crippen LogP contribution is -2.15. The van der Waals surface area contributed by atoms with Gasteiger partial charge in [0.05, 0.1) is 13.2 Å². The van der Waals surface area contributed by atoms with Crippen molar-refractivity contribution in [2.24, 2.45) is 5.92 Å². The average molecular weight is 275 g/mol. The van der Waals surface area contributed by atoms with Crippen LogP contribution in [0.15, 0.2) is 30.4 Å². The summed E-state index contributed by atoms with van der Waals surface area (Å²) in [4.78, 5) is 0. The van der Waals surface area contributed by atoms with Crippen molar-refractivity contribution in [3.63, 3.8) is 0 Å². The maximum absolute atomic E-state index is 5.65. The Bertz CT molecular complexity index is 443. The van der Waals surface area contributed by atoms with Crippen LogP contribution in [-0.4, -0.2) is 19.8 Å². The molecule has 1 aromatic carbocycles. The lowest BCUT2D eigenvalue weighted by atomic mass is 9.94. The number of rotatable bonds is 7. The third kappa shape index (κ3) is 4.19. The lowest BCUT2D eigenvalue weighted by molar-refractivity contribution is 0.288. The zero-order chi connectivity index (χ0) is 14.2. The van der Waals surface area contributed by atoms with Gasteiger partial charge < -0.3 is 14.8 Å². The van der Waals surface area contributed by atoms with Gasteiger partial charge in [0.2, 0.25) is 0 Å². The van der Waals surface area contributed by atoms with Gasteiger partial charge >= 0.3 is 0 Å². The number of anilines is 1. The Hall–Kier alpha value is -1.64. The fraction of sp³-hybridized carbons (Fsp3) is 0.529. The van der Waals surface area contributed by atoms with E-state index in [1.54, 1.807) is 0 Å². The highest BCUT2D eigenvalue weighted by Gasteiger charge is 2.10. The van der Waals surface area contributed by atoms with Crippen molar-refractivity contribution >= 4 is 5.69 Å². The van der Waals surface area contributed by atoms with Gasteiger partial charge in [-0.2, -0.15) is 0 Å². The second-order valence-electron chi connectivity index (χ2n) is 5.06. The number of hydrogen-bond acceptors (Lipinski definition) is 3. The molecule has 1 aliphatic carbocycles. The SMILES string of the molecule is CCOc1ccc(NCC2CC=CCC2)cc1OCC. The van der Waals surface area contributed by atoms with Gasteiger partial charge in [0.15, 0.2) is 11.5 Å². The Kier molecular flexibility index (Phi) is 5.78. The molecule has 1 N–H and O–H groups in total. The van der Waals surface area contributed by atoms with Crippen LogP contribution in [-0.2, 0) is 0 Å². The molecule has 0 saturated heterocycles. The van der Waals surface area contributed by atoms with E-state index in [9.17, 15) is 0 Å². The fourth-order valence-corrected chi connectivity index (χ4v) is 2.46. The van der Waals surface area contributed by atoms with Gasteiger partial charge in [0.1, 0.15) is 0 Å². The summed E-state index contributed by atoms with van der Waals surface area (Å²) in [6, 6.07) is 6.08. The molecule has 0 aromatic heterocycles. The number of ether oxygens (including phenoxy) is 2. The molecule has 1 aliphatic rings. The summed E-state index contributed by atoms with van der Waals surface area (Å²) in [6.45, 7) is 6.30. The highest BCUT2D eigenvalue weighted by molar-refractivity contribution is 5.54. The maximum atomic E-state index is 5.65. The van der Waals surface area contributed by atoms with Gasteiger partial charge in [-0.25, -0.2) is 0 Å². The van der Waals surface area contributed by atoms with E-state index in [-0.39, 0.29) is 0 Å². The predicted molar refractivity (Wildman–Crippen MR) is 83.8 cm³/mol. The van der Waals surface area contributed by atoms with Crippen molar-refractivity contribution in [2.75, 3.05) is 25.1 Å². The molecule has 0 radical (unpaired) electrons. The van der Waals surface area contributed by atoms with Crippen molar-refractivity contribution in [1.82, 2.24) is 0 Å². The summed E-state index contributed by atoms with van der Waals surface area (Å²) >= 11 is 0. The van der Waals surface area contributed by atoms with Crippen LogP contribution in [0.1, 0.15) is 33.1 Å². The molecule has 3 nitrogen and oxygen atoms in total. The Morgan fingerprint density at radius 1 is 1.10 bits per heavy atom. The van der Waals surface area contributed by atoms with E-state index < -0.39 is 0 Å². The first-order chi connectivity index (χ1) is 9.83. The zero-order valence-electron chi connectivity index (χ0n) is 12.5. The molecule has 1 unspecified atom stereocenters. The van der Waals surface area contributed by atoms with Crippen LogP contribution in [0.3, 0.4) is 0 Å². The smallest absolute Gasteiger partial charge is 0.163 e. The number of allylic oxidation sites excluding steroid dienone is 2. The van der Waals surface area contributed by atoms with Crippen LogP contribution < -0.4 is 14.8 Å². The molecule has 0 aliphatic heterocycles. The number of benzene rings is 1. The largest absolute Gasteiger partial charge is 0.490 e. The van der Waals surface area contributed by atoms with E-state index in [2.05, 4.69) is 23.5 Å². The molecular weight excluding hydrogens is 250 g/mol. The van der Waals surface area contributed by atoms with E-state index >= 15 is 0 Å². The van der Waals surface area contributed by atoms with Crippen molar-refractivity contribution < 1.29 is 9.47 Å². The first-order valence-electron chi connectivity index (χ1n) is 7.62. The van der Waals surface area contributed by atoms with Gasteiger partial charge in [-0.15, -0.1) is 0 Å². The van der Waals surface area contributed by atoms with Crippen LogP contribution in [0, 0.1) is 5.92 Å². The van der Waals surface area contributed by atoms with E-state index in [1.165, 1.54) is 19.3 Å². The Labute approximate surface area is 122 Å².